The molecule has 1 fully saturated rings. The van der Waals surface area contributed by atoms with Crippen molar-refractivity contribution in [3.05, 3.63) is 35.9 Å². The number of amides is 1. The lowest BCUT2D eigenvalue weighted by Gasteiger charge is -2.31. The Morgan fingerprint density at radius 1 is 1.37 bits per heavy atom. The van der Waals surface area contributed by atoms with Crippen LogP contribution in [0.3, 0.4) is 0 Å². The van der Waals surface area contributed by atoms with Crippen LogP contribution >= 0.6 is 0 Å². The lowest BCUT2D eigenvalue weighted by Crippen LogP contribution is -2.35. The highest BCUT2D eigenvalue weighted by atomic mass is 16.2. The summed E-state index contributed by atoms with van der Waals surface area (Å²) in [4.78, 5) is 13.8. The standard InChI is InChI=1S/C16H24N2O/c1-18(2)16(19)11-15(13-7-4-3-5-8-13)14-9-6-10-17-12-14/h3-5,7-8,14-15,17H,6,9-12H2,1-2H3. The van der Waals surface area contributed by atoms with Crippen LogP contribution in [0.4, 0.5) is 0 Å². The number of piperidine rings is 1. The molecule has 2 atom stereocenters. The molecule has 1 saturated heterocycles. The normalized spacial score (nSPS) is 20.8. The first-order chi connectivity index (χ1) is 9.18. The summed E-state index contributed by atoms with van der Waals surface area (Å²) >= 11 is 0. The third-order valence-corrected chi connectivity index (χ3v) is 4.03. The van der Waals surface area contributed by atoms with Crippen LogP contribution < -0.4 is 5.32 Å². The fourth-order valence-electron chi connectivity index (χ4n) is 2.85. The summed E-state index contributed by atoms with van der Waals surface area (Å²) in [5.41, 5.74) is 1.30. The summed E-state index contributed by atoms with van der Waals surface area (Å²) in [6.07, 6.45) is 3.04. The van der Waals surface area contributed by atoms with Crippen LogP contribution in [-0.2, 0) is 4.79 Å². The van der Waals surface area contributed by atoms with Crippen LogP contribution in [0.25, 0.3) is 0 Å². The third kappa shape index (κ3) is 3.80. The number of hydrogen-bond donors (Lipinski definition) is 1. The fraction of sp³-hybridized carbons (Fsp3) is 0.562. The zero-order valence-corrected chi connectivity index (χ0v) is 11.9. The molecular formula is C16H24N2O. The van der Waals surface area contributed by atoms with E-state index in [1.165, 1.54) is 18.4 Å². The van der Waals surface area contributed by atoms with E-state index in [9.17, 15) is 4.79 Å². The van der Waals surface area contributed by atoms with Gasteiger partial charge in [-0.3, -0.25) is 4.79 Å². The molecule has 1 heterocycles. The summed E-state index contributed by atoms with van der Waals surface area (Å²) < 4.78 is 0. The van der Waals surface area contributed by atoms with Gasteiger partial charge in [0.1, 0.15) is 0 Å². The fourth-order valence-corrected chi connectivity index (χ4v) is 2.85. The molecule has 0 saturated carbocycles. The van der Waals surface area contributed by atoms with Crippen LogP contribution in [0.15, 0.2) is 30.3 Å². The van der Waals surface area contributed by atoms with Crippen LogP contribution in [0.2, 0.25) is 0 Å². The highest BCUT2D eigenvalue weighted by Gasteiger charge is 2.27. The highest BCUT2D eigenvalue weighted by molar-refractivity contribution is 5.76. The van der Waals surface area contributed by atoms with E-state index >= 15 is 0 Å². The molecule has 1 aliphatic rings. The Labute approximate surface area is 116 Å². The number of hydrogen-bond acceptors (Lipinski definition) is 2. The third-order valence-electron chi connectivity index (χ3n) is 4.03. The second kappa shape index (κ2) is 6.71. The maximum atomic E-state index is 12.1. The first kappa shape index (κ1) is 14.1. The van der Waals surface area contributed by atoms with Crippen molar-refractivity contribution in [2.24, 2.45) is 5.92 Å². The van der Waals surface area contributed by atoms with Crippen LogP contribution in [0, 0.1) is 5.92 Å². The molecule has 0 aromatic heterocycles. The Morgan fingerprint density at radius 2 is 2.11 bits per heavy atom. The highest BCUT2D eigenvalue weighted by Crippen LogP contribution is 2.32. The van der Waals surface area contributed by atoms with Gasteiger partial charge in [0.15, 0.2) is 0 Å². The molecule has 1 aliphatic heterocycles. The van der Waals surface area contributed by atoms with Crippen molar-refractivity contribution >= 4 is 5.91 Å². The molecule has 0 radical (unpaired) electrons. The molecule has 0 bridgehead atoms. The molecule has 3 heteroatoms. The van der Waals surface area contributed by atoms with Gasteiger partial charge in [0.05, 0.1) is 0 Å². The molecule has 1 aromatic rings. The van der Waals surface area contributed by atoms with Gasteiger partial charge in [0.2, 0.25) is 5.91 Å². The van der Waals surface area contributed by atoms with Crippen molar-refractivity contribution in [2.75, 3.05) is 27.2 Å². The van der Waals surface area contributed by atoms with Gasteiger partial charge >= 0.3 is 0 Å². The van der Waals surface area contributed by atoms with E-state index in [4.69, 9.17) is 0 Å². The minimum atomic E-state index is 0.222. The van der Waals surface area contributed by atoms with Gasteiger partial charge in [-0.25, -0.2) is 0 Å². The number of carbonyl (C=O) groups excluding carboxylic acids is 1. The summed E-state index contributed by atoms with van der Waals surface area (Å²) in [5, 5.41) is 3.46. The number of rotatable bonds is 4. The van der Waals surface area contributed by atoms with Crippen LogP contribution in [0.5, 0.6) is 0 Å². The van der Waals surface area contributed by atoms with Crippen LogP contribution in [-0.4, -0.2) is 38.0 Å². The molecule has 1 N–H and O–H groups in total. The van der Waals surface area contributed by atoms with Gasteiger partial charge in [-0.2, -0.15) is 0 Å². The van der Waals surface area contributed by atoms with E-state index in [0.29, 0.717) is 18.3 Å². The summed E-state index contributed by atoms with van der Waals surface area (Å²) in [5.74, 6) is 1.13. The van der Waals surface area contributed by atoms with Gasteiger partial charge in [0, 0.05) is 20.5 Å². The van der Waals surface area contributed by atoms with Gasteiger partial charge in [0.25, 0.3) is 0 Å². The number of nitrogens with one attached hydrogen (secondary N) is 1. The van der Waals surface area contributed by atoms with E-state index in [0.717, 1.165) is 13.1 Å². The van der Waals surface area contributed by atoms with E-state index in [-0.39, 0.29) is 5.91 Å². The summed E-state index contributed by atoms with van der Waals surface area (Å²) in [6.45, 7) is 2.14. The topological polar surface area (TPSA) is 32.3 Å². The van der Waals surface area contributed by atoms with E-state index in [1.807, 2.05) is 20.2 Å². The minimum absolute atomic E-state index is 0.222. The van der Waals surface area contributed by atoms with Gasteiger partial charge in [-0.1, -0.05) is 30.3 Å². The van der Waals surface area contributed by atoms with Crippen molar-refractivity contribution in [2.45, 2.75) is 25.2 Å². The Bertz CT molecular complexity index is 396. The predicted molar refractivity (Wildman–Crippen MR) is 78.1 cm³/mol. The predicted octanol–water partition coefficient (Wildman–Crippen LogP) is 2.25. The lowest BCUT2D eigenvalue weighted by molar-refractivity contribution is -0.129. The van der Waals surface area contributed by atoms with Crippen LogP contribution in [0.1, 0.15) is 30.7 Å². The quantitative estimate of drug-likeness (QED) is 0.900. The van der Waals surface area contributed by atoms with E-state index in [2.05, 4.69) is 29.6 Å². The molecular weight excluding hydrogens is 236 g/mol. The number of carbonyl (C=O) groups is 1. The molecule has 3 nitrogen and oxygen atoms in total. The van der Waals surface area contributed by atoms with Gasteiger partial charge < -0.3 is 10.2 Å². The molecule has 2 unspecified atom stereocenters. The first-order valence-electron chi connectivity index (χ1n) is 7.14. The Kier molecular flexibility index (Phi) is 4.97. The van der Waals surface area contributed by atoms with Crippen molar-refractivity contribution in [1.82, 2.24) is 10.2 Å². The zero-order valence-electron chi connectivity index (χ0n) is 11.9. The van der Waals surface area contributed by atoms with Crippen molar-refractivity contribution in [3.63, 3.8) is 0 Å². The van der Waals surface area contributed by atoms with Crippen molar-refractivity contribution in [1.29, 1.82) is 0 Å². The Balaban J connectivity index is 2.15. The zero-order chi connectivity index (χ0) is 13.7. The average Bonchev–Trinajstić information content (AvgIpc) is 2.46. The van der Waals surface area contributed by atoms with E-state index in [1.54, 1.807) is 4.90 Å². The maximum Gasteiger partial charge on any atom is 0.222 e. The molecule has 19 heavy (non-hydrogen) atoms. The lowest BCUT2D eigenvalue weighted by atomic mass is 9.79. The summed E-state index contributed by atoms with van der Waals surface area (Å²) in [6, 6.07) is 10.5. The SMILES string of the molecule is CN(C)C(=O)CC(c1ccccc1)C1CCCNC1. The number of benzene rings is 1. The second-order valence-corrected chi connectivity index (χ2v) is 5.62. The van der Waals surface area contributed by atoms with Gasteiger partial charge in [-0.15, -0.1) is 0 Å². The molecule has 0 spiro atoms. The van der Waals surface area contributed by atoms with Crippen molar-refractivity contribution in [3.8, 4) is 0 Å². The molecule has 1 aromatic carbocycles. The second-order valence-electron chi connectivity index (χ2n) is 5.62. The Morgan fingerprint density at radius 3 is 2.68 bits per heavy atom. The number of nitrogens with zero attached hydrogens (tertiary/aromatic N) is 1. The average molecular weight is 260 g/mol. The minimum Gasteiger partial charge on any atom is -0.349 e. The summed E-state index contributed by atoms with van der Waals surface area (Å²) in [7, 11) is 3.67. The molecule has 1 amide bonds. The molecule has 2 rings (SSSR count). The monoisotopic (exact) mass is 260 g/mol. The smallest absolute Gasteiger partial charge is 0.222 e. The molecule has 0 aliphatic carbocycles. The van der Waals surface area contributed by atoms with Crippen molar-refractivity contribution < 1.29 is 4.79 Å². The first-order valence-corrected chi connectivity index (χ1v) is 7.14. The molecule has 104 valence electrons. The Hall–Kier alpha value is -1.35. The van der Waals surface area contributed by atoms with Gasteiger partial charge in [-0.05, 0) is 43.3 Å². The van der Waals surface area contributed by atoms with E-state index < -0.39 is 0 Å². The largest absolute Gasteiger partial charge is 0.349 e. The maximum absolute atomic E-state index is 12.1.